The summed E-state index contributed by atoms with van der Waals surface area (Å²) in [5, 5.41) is 0. The van der Waals surface area contributed by atoms with Gasteiger partial charge in [0, 0.05) is 11.1 Å². The molecule has 0 aromatic heterocycles. The predicted octanol–water partition coefficient (Wildman–Crippen LogP) is 2.57. The number of ether oxygens (including phenoxy) is 4. The van der Waals surface area contributed by atoms with Crippen molar-refractivity contribution < 1.29 is 28.5 Å². The van der Waals surface area contributed by atoms with E-state index in [1.807, 2.05) is 13.8 Å². The lowest BCUT2D eigenvalue weighted by atomic mass is 10.2. The van der Waals surface area contributed by atoms with Gasteiger partial charge >= 0.3 is 0 Å². The van der Waals surface area contributed by atoms with Crippen LogP contribution < -0.4 is 29.8 Å². The van der Waals surface area contributed by atoms with E-state index in [2.05, 4.69) is 10.9 Å². The average molecular weight is 388 g/mol. The Hall–Kier alpha value is -3.42. The van der Waals surface area contributed by atoms with Crippen molar-refractivity contribution in [1.29, 1.82) is 0 Å². The molecular weight excluding hydrogens is 364 g/mol. The molecule has 8 nitrogen and oxygen atoms in total. The van der Waals surface area contributed by atoms with Crippen LogP contribution in [0, 0.1) is 0 Å². The van der Waals surface area contributed by atoms with E-state index in [0.29, 0.717) is 34.1 Å². The predicted molar refractivity (Wildman–Crippen MR) is 103 cm³/mol. The summed E-state index contributed by atoms with van der Waals surface area (Å²) in [5.41, 5.74) is 5.34. The molecule has 0 aliphatic heterocycles. The van der Waals surface area contributed by atoms with Crippen LogP contribution in [0.5, 0.6) is 23.0 Å². The van der Waals surface area contributed by atoms with Gasteiger partial charge in [0.15, 0.2) is 23.0 Å². The van der Waals surface area contributed by atoms with Crippen molar-refractivity contribution >= 4 is 11.8 Å². The van der Waals surface area contributed by atoms with Crippen molar-refractivity contribution in [3.8, 4) is 23.0 Å². The number of hydrazine groups is 1. The molecule has 0 bridgehead atoms. The summed E-state index contributed by atoms with van der Waals surface area (Å²) in [6, 6.07) is 9.44. The minimum Gasteiger partial charge on any atom is -0.493 e. The van der Waals surface area contributed by atoms with Gasteiger partial charge < -0.3 is 18.9 Å². The third-order valence-electron chi connectivity index (χ3n) is 3.72. The lowest BCUT2D eigenvalue weighted by Crippen LogP contribution is -2.41. The minimum atomic E-state index is -0.499. The third-order valence-corrected chi connectivity index (χ3v) is 3.72. The van der Waals surface area contributed by atoms with E-state index in [1.165, 1.54) is 33.5 Å². The fourth-order valence-corrected chi connectivity index (χ4v) is 2.40. The number of carbonyl (C=O) groups is 2. The molecule has 0 saturated heterocycles. The van der Waals surface area contributed by atoms with Gasteiger partial charge in [-0.15, -0.1) is 0 Å². The van der Waals surface area contributed by atoms with Crippen LogP contribution in [0.25, 0.3) is 0 Å². The summed E-state index contributed by atoms with van der Waals surface area (Å²) in [6.45, 7) is 3.79. The summed E-state index contributed by atoms with van der Waals surface area (Å²) in [5.74, 6) is 0.867. The van der Waals surface area contributed by atoms with Crippen molar-refractivity contribution in [2.45, 2.75) is 20.0 Å². The second-order valence-corrected chi connectivity index (χ2v) is 6.01. The lowest BCUT2D eigenvalue weighted by molar-refractivity contribution is 0.0846. The maximum Gasteiger partial charge on any atom is 0.269 e. The van der Waals surface area contributed by atoms with Crippen LogP contribution in [0.15, 0.2) is 36.4 Å². The van der Waals surface area contributed by atoms with Crippen LogP contribution >= 0.6 is 0 Å². The number of carbonyl (C=O) groups excluding carboxylic acids is 2. The molecule has 0 aliphatic rings. The van der Waals surface area contributed by atoms with Crippen molar-refractivity contribution in [2.24, 2.45) is 0 Å². The monoisotopic (exact) mass is 388 g/mol. The van der Waals surface area contributed by atoms with E-state index >= 15 is 0 Å². The summed E-state index contributed by atoms with van der Waals surface area (Å²) < 4.78 is 21.2. The Labute approximate surface area is 163 Å². The molecule has 8 heteroatoms. The first-order chi connectivity index (χ1) is 13.4. The maximum atomic E-state index is 12.3. The molecule has 0 heterocycles. The van der Waals surface area contributed by atoms with Gasteiger partial charge in [-0.1, -0.05) is 0 Å². The lowest BCUT2D eigenvalue weighted by Gasteiger charge is -2.14. The molecule has 2 aromatic rings. The van der Waals surface area contributed by atoms with Crippen LogP contribution in [-0.4, -0.2) is 39.2 Å². The SMILES string of the molecule is COc1ccc(C(=O)NNC(=O)c2ccc(OC(C)C)c(OC)c2)cc1OC. The van der Waals surface area contributed by atoms with Crippen LogP contribution in [0.2, 0.25) is 0 Å². The molecule has 0 radical (unpaired) electrons. The molecule has 0 unspecified atom stereocenters. The second kappa shape index (κ2) is 9.50. The van der Waals surface area contributed by atoms with Crippen LogP contribution in [0.4, 0.5) is 0 Å². The normalized spacial score (nSPS) is 10.2. The molecule has 0 saturated carbocycles. The number of benzene rings is 2. The Morgan fingerprint density at radius 1 is 0.714 bits per heavy atom. The first kappa shape index (κ1) is 20.9. The van der Waals surface area contributed by atoms with Crippen LogP contribution in [0.1, 0.15) is 34.6 Å². The summed E-state index contributed by atoms with van der Waals surface area (Å²) >= 11 is 0. The number of nitrogens with one attached hydrogen (secondary N) is 2. The molecule has 2 rings (SSSR count). The third kappa shape index (κ3) is 5.06. The van der Waals surface area contributed by atoms with Gasteiger partial charge in [-0.2, -0.15) is 0 Å². The highest BCUT2D eigenvalue weighted by atomic mass is 16.5. The van der Waals surface area contributed by atoms with E-state index in [9.17, 15) is 9.59 Å². The number of methoxy groups -OCH3 is 3. The molecule has 2 amide bonds. The molecule has 0 aliphatic carbocycles. The highest BCUT2D eigenvalue weighted by molar-refractivity contribution is 5.99. The molecule has 28 heavy (non-hydrogen) atoms. The van der Waals surface area contributed by atoms with Gasteiger partial charge in [0.25, 0.3) is 11.8 Å². The average Bonchev–Trinajstić information content (AvgIpc) is 2.70. The number of rotatable bonds is 7. The number of amides is 2. The van der Waals surface area contributed by atoms with Crippen molar-refractivity contribution in [3.05, 3.63) is 47.5 Å². The van der Waals surface area contributed by atoms with Gasteiger partial charge in [0.1, 0.15) is 0 Å². The van der Waals surface area contributed by atoms with Crippen molar-refractivity contribution in [2.75, 3.05) is 21.3 Å². The van der Waals surface area contributed by atoms with Crippen molar-refractivity contribution in [3.63, 3.8) is 0 Å². The zero-order chi connectivity index (χ0) is 20.7. The fraction of sp³-hybridized carbons (Fsp3) is 0.300. The van der Waals surface area contributed by atoms with E-state index in [4.69, 9.17) is 18.9 Å². The fourth-order valence-electron chi connectivity index (χ4n) is 2.40. The molecular formula is C20H24N2O6. The molecule has 0 atom stereocenters. The Kier molecular flexibility index (Phi) is 7.08. The summed E-state index contributed by atoms with van der Waals surface area (Å²) in [6.07, 6.45) is -0.0330. The Balaban J connectivity index is 2.06. The Bertz CT molecular complexity index is 851. The molecule has 150 valence electrons. The van der Waals surface area contributed by atoms with Gasteiger partial charge in [0.2, 0.25) is 0 Å². The summed E-state index contributed by atoms with van der Waals surface area (Å²) in [4.78, 5) is 24.6. The number of hydrogen-bond acceptors (Lipinski definition) is 6. The van der Waals surface area contributed by atoms with Gasteiger partial charge in [-0.05, 0) is 50.2 Å². The first-order valence-electron chi connectivity index (χ1n) is 8.57. The molecule has 0 fully saturated rings. The van der Waals surface area contributed by atoms with Crippen molar-refractivity contribution in [1.82, 2.24) is 10.9 Å². The van der Waals surface area contributed by atoms with Crippen LogP contribution in [0.3, 0.4) is 0 Å². The Morgan fingerprint density at radius 3 is 1.57 bits per heavy atom. The molecule has 2 N–H and O–H groups in total. The quantitative estimate of drug-likeness (QED) is 0.708. The molecule has 2 aromatic carbocycles. The smallest absolute Gasteiger partial charge is 0.269 e. The van der Waals surface area contributed by atoms with Crippen LogP contribution in [-0.2, 0) is 0 Å². The topological polar surface area (TPSA) is 95.1 Å². The van der Waals surface area contributed by atoms with E-state index in [0.717, 1.165) is 0 Å². The highest BCUT2D eigenvalue weighted by Crippen LogP contribution is 2.29. The highest BCUT2D eigenvalue weighted by Gasteiger charge is 2.15. The van der Waals surface area contributed by atoms with Gasteiger partial charge in [-0.25, -0.2) is 0 Å². The second-order valence-electron chi connectivity index (χ2n) is 6.01. The summed E-state index contributed by atoms with van der Waals surface area (Å²) in [7, 11) is 4.47. The Morgan fingerprint density at radius 2 is 1.14 bits per heavy atom. The first-order valence-corrected chi connectivity index (χ1v) is 8.57. The molecule has 0 spiro atoms. The maximum absolute atomic E-state index is 12.3. The largest absolute Gasteiger partial charge is 0.493 e. The minimum absolute atomic E-state index is 0.0330. The zero-order valence-corrected chi connectivity index (χ0v) is 16.5. The zero-order valence-electron chi connectivity index (χ0n) is 16.5. The van der Waals surface area contributed by atoms with E-state index in [1.54, 1.807) is 24.3 Å². The van der Waals surface area contributed by atoms with E-state index < -0.39 is 11.8 Å². The number of hydrogen-bond donors (Lipinski definition) is 2. The van der Waals surface area contributed by atoms with E-state index in [-0.39, 0.29) is 6.10 Å². The van der Waals surface area contributed by atoms with Gasteiger partial charge in [0.05, 0.1) is 27.4 Å². The van der Waals surface area contributed by atoms with Gasteiger partial charge in [-0.3, -0.25) is 20.4 Å². The standard InChI is InChI=1S/C20H24N2O6/c1-12(2)28-16-9-7-14(11-18(16)27-5)20(24)22-21-19(23)13-6-8-15(25-3)17(10-13)26-4/h6-12H,1-5H3,(H,21,23)(H,22,24).